The molecule has 1 aliphatic rings. The zero-order valence-corrected chi connectivity index (χ0v) is 9.30. The average Bonchev–Trinajstić information content (AvgIpc) is 2.70. The van der Waals surface area contributed by atoms with E-state index in [1.54, 1.807) is 0 Å². The molecule has 90 valence electrons. The highest BCUT2D eigenvalue weighted by molar-refractivity contribution is 5.82. The smallest absolute Gasteiger partial charge is 0.143 e. The van der Waals surface area contributed by atoms with Crippen LogP contribution in [0.2, 0.25) is 0 Å². The Labute approximate surface area is 97.4 Å². The zero-order chi connectivity index (χ0) is 12.0. The minimum Gasteiger partial charge on any atom is -0.464 e. The van der Waals surface area contributed by atoms with Gasteiger partial charge in [-0.05, 0) is 18.9 Å². The monoisotopic (exact) mass is 237 g/mol. The lowest BCUT2D eigenvalue weighted by Gasteiger charge is -2.41. The predicted molar refractivity (Wildman–Crippen MR) is 60.7 cm³/mol. The molecule has 2 N–H and O–H groups in total. The van der Waals surface area contributed by atoms with Crippen LogP contribution in [-0.4, -0.2) is 6.54 Å². The third-order valence-electron chi connectivity index (χ3n) is 3.87. The molecule has 1 aromatic heterocycles. The van der Waals surface area contributed by atoms with E-state index in [4.69, 9.17) is 10.2 Å². The number of rotatable bonds is 2. The van der Waals surface area contributed by atoms with Gasteiger partial charge in [-0.2, -0.15) is 0 Å². The summed E-state index contributed by atoms with van der Waals surface area (Å²) < 4.78 is 32.8. The lowest BCUT2D eigenvalue weighted by Crippen LogP contribution is -2.42. The van der Waals surface area contributed by atoms with E-state index in [1.165, 1.54) is 12.3 Å². The highest BCUT2D eigenvalue weighted by atomic mass is 19.1. The van der Waals surface area contributed by atoms with Crippen molar-refractivity contribution in [1.29, 1.82) is 0 Å². The summed E-state index contributed by atoms with van der Waals surface area (Å²) in [7, 11) is 0. The van der Waals surface area contributed by atoms with Gasteiger partial charge >= 0.3 is 0 Å². The quantitative estimate of drug-likeness (QED) is 0.871. The maximum absolute atomic E-state index is 14.0. The SMILES string of the molecule is NCC1(c2c(F)cc(F)c3ccoc23)CCC1. The van der Waals surface area contributed by atoms with Crippen LogP contribution >= 0.6 is 0 Å². The van der Waals surface area contributed by atoms with Crippen LogP contribution < -0.4 is 5.73 Å². The third-order valence-corrected chi connectivity index (χ3v) is 3.87. The Morgan fingerprint density at radius 3 is 2.65 bits per heavy atom. The summed E-state index contributed by atoms with van der Waals surface area (Å²) in [6.45, 7) is 0.366. The summed E-state index contributed by atoms with van der Waals surface area (Å²) >= 11 is 0. The second kappa shape index (κ2) is 3.53. The van der Waals surface area contributed by atoms with Gasteiger partial charge in [0.2, 0.25) is 0 Å². The number of hydrogen-bond acceptors (Lipinski definition) is 2. The van der Waals surface area contributed by atoms with Crippen molar-refractivity contribution in [3.8, 4) is 0 Å². The summed E-state index contributed by atoms with van der Waals surface area (Å²) in [6.07, 6.45) is 4.08. The normalized spacial score (nSPS) is 18.3. The molecule has 1 aliphatic carbocycles. The van der Waals surface area contributed by atoms with E-state index in [0.717, 1.165) is 25.3 Å². The molecular formula is C13H13F2NO. The van der Waals surface area contributed by atoms with Crippen molar-refractivity contribution in [3.63, 3.8) is 0 Å². The van der Waals surface area contributed by atoms with Crippen molar-refractivity contribution < 1.29 is 13.2 Å². The lowest BCUT2D eigenvalue weighted by atomic mass is 9.64. The molecule has 1 saturated carbocycles. The van der Waals surface area contributed by atoms with E-state index in [2.05, 4.69) is 0 Å². The molecule has 2 aromatic rings. The zero-order valence-electron chi connectivity index (χ0n) is 9.30. The van der Waals surface area contributed by atoms with Crippen LogP contribution in [0, 0.1) is 11.6 Å². The third kappa shape index (κ3) is 1.33. The molecule has 0 unspecified atom stereocenters. The van der Waals surface area contributed by atoms with Gasteiger partial charge in [0.25, 0.3) is 0 Å². The Kier molecular flexibility index (Phi) is 2.23. The number of furan rings is 1. The minimum atomic E-state index is -0.582. The van der Waals surface area contributed by atoms with Gasteiger partial charge in [-0.1, -0.05) is 6.42 Å². The largest absolute Gasteiger partial charge is 0.464 e. The highest BCUT2D eigenvalue weighted by Gasteiger charge is 2.42. The second-order valence-corrected chi connectivity index (χ2v) is 4.72. The molecule has 1 heterocycles. The highest BCUT2D eigenvalue weighted by Crippen LogP contribution is 2.47. The molecule has 17 heavy (non-hydrogen) atoms. The molecule has 1 fully saturated rings. The van der Waals surface area contributed by atoms with E-state index in [1.807, 2.05) is 0 Å². The van der Waals surface area contributed by atoms with Gasteiger partial charge in [-0.25, -0.2) is 8.78 Å². The van der Waals surface area contributed by atoms with Gasteiger partial charge in [-0.15, -0.1) is 0 Å². The van der Waals surface area contributed by atoms with Gasteiger partial charge in [-0.3, -0.25) is 0 Å². The molecule has 0 aliphatic heterocycles. The first kappa shape index (κ1) is 10.7. The molecule has 0 spiro atoms. The Morgan fingerprint density at radius 2 is 2.06 bits per heavy atom. The molecule has 4 heteroatoms. The standard InChI is InChI=1S/C13H13F2NO/c14-9-6-10(15)11(12-8(9)2-5-17-12)13(7-16)3-1-4-13/h2,5-6H,1,3-4,7,16H2. The van der Waals surface area contributed by atoms with Crippen LogP contribution in [0.25, 0.3) is 11.0 Å². The van der Waals surface area contributed by atoms with Crippen molar-refractivity contribution in [2.75, 3.05) is 6.54 Å². The number of fused-ring (bicyclic) bond motifs is 1. The summed E-state index contributed by atoms with van der Waals surface area (Å²) in [5.74, 6) is -1.13. The second-order valence-electron chi connectivity index (χ2n) is 4.72. The summed E-state index contributed by atoms with van der Waals surface area (Å²) in [5, 5.41) is 0.334. The first-order valence-corrected chi connectivity index (χ1v) is 5.74. The Hall–Kier alpha value is -1.42. The summed E-state index contributed by atoms with van der Waals surface area (Å²) in [5.41, 5.74) is 6.16. The van der Waals surface area contributed by atoms with E-state index in [-0.39, 0.29) is 5.41 Å². The van der Waals surface area contributed by atoms with Crippen molar-refractivity contribution in [2.45, 2.75) is 24.7 Å². The summed E-state index contributed by atoms with van der Waals surface area (Å²) in [6, 6.07) is 2.46. The predicted octanol–water partition coefficient (Wildman–Crippen LogP) is 3.09. The van der Waals surface area contributed by atoms with Crippen LogP contribution in [0.5, 0.6) is 0 Å². The Morgan fingerprint density at radius 1 is 1.29 bits per heavy atom. The Bertz CT molecular complexity index is 567. The number of hydrogen-bond donors (Lipinski definition) is 1. The van der Waals surface area contributed by atoms with Crippen LogP contribution in [0.3, 0.4) is 0 Å². The van der Waals surface area contributed by atoms with E-state index >= 15 is 0 Å². The van der Waals surface area contributed by atoms with Crippen LogP contribution in [0.1, 0.15) is 24.8 Å². The van der Waals surface area contributed by atoms with Gasteiger partial charge in [0.05, 0.1) is 11.6 Å². The van der Waals surface area contributed by atoms with Crippen LogP contribution in [0.15, 0.2) is 22.8 Å². The van der Waals surface area contributed by atoms with Gasteiger partial charge in [0.1, 0.15) is 17.2 Å². The molecule has 0 radical (unpaired) electrons. The fourth-order valence-corrected chi connectivity index (χ4v) is 2.71. The lowest BCUT2D eigenvalue weighted by molar-refractivity contribution is 0.244. The summed E-state index contributed by atoms with van der Waals surface area (Å²) in [4.78, 5) is 0. The van der Waals surface area contributed by atoms with Crippen molar-refractivity contribution in [3.05, 3.63) is 35.6 Å². The van der Waals surface area contributed by atoms with E-state index in [0.29, 0.717) is 23.1 Å². The maximum Gasteiger partial charge on any atom is 0.143 e. The maximum atomic E-state index is 14.0. The molecular weight excluding hydrogens is 224 g/mol. The van der Waals surface area contributed by atoms with Crippen LogP contribution in [-0.2, 0) is 5.41 Å². The number of benzene rings is 1. The van der Waals surface area contributed by atoms with Gasteiger partial charge in [0, 0.05) is 23.6 Å². The van der Waals surface area contributed by atoms with Crippen molar-refractivity contribution in [1.82, 2.24) is 0 Å². The van der Waals surface area contributed by atoms with Crippen molar-refractivity contribution in [2.24, 2.45) is 5.73 Å². The molecule has 1 aromatic carbocycles. The fraction of sp³-hybridized carbons (Fsp3) is 0.385. The van der Waals surface area contributed by atoms with Gasteiger partial charge < -0.3 is 10.2 Å². The molecule has 0 atom stereocenters. The molecule has 0 bridgehead atoms. The van der Waals surface area contributed by atoms with E-state index in [9.17, 15) is 8.78 Å². The van der Waals surface area contributed by atoms with Gasteiger partial charge in [0.15, 0.2) is 0 Å². The topological polar surface area (TPSA) is 39.2 Å². The minimum absolute atomic E-state index is 0.313. The van der Waals surface area contributed by atoms with E-state index < -0.39 is 11.6 Å². The Balaban J connectivity index is 2.31. The molecule has 3 rings (SSSR count). The number of nitrogens with two attached hydrogens (primary N) is 1. The molecule has 0 saturated heterocycles. The van der Waals surface area contributed by atoms with Crippen LogP contribution in [0.4, 0.5) is 8.78 Å². The fourth-order valence-electron chi connectivity index (χ4n) is 2.71. The van der Waals surface area contributed by atoms with Crippen molar-refractivity contribution >= 4 is 11.0 Å². The number of halogens is 2. The average molecular weight is 237 g/mol. The molecule has 0 amide bonds. The first-order valence-electron chi connectivity index (χ1n) is 5.74. The first-order chi connectivity index (χ1) is 8.18. The molecule has 2 nitrogen and oxygen atoms in total.